The van der Waals surface area contributed by atoms with E-state index in [4.69, 9.17) is 0 Å². The molecule has 0 aliphatic carbocycles. The van der Waals surface area contributed by atoms with Crippen molar-refractivity contribution < 1.29 is 9.18 Å². The van der Waals surface area contributed by atoms with E-state index in [0.29, 0.717) is 16.7 Å². The lowest BCUT2D eigenvalue weighted by Crippen LogP contribution is -2.23. The topological polar surface area (TPSA) is 81.8 Å². The van der Waals surface area contributed by atoms with Gasteiger partial charge in [-0.05, 0) is 30.3 Å². The summed E-state index contributed by atoms with van der Waals surface area (Å²) in [6.07, 6.45) is 2.93. The summed E-state index contributed by atoms with van der Waals surface area (Å²) >= 11 is 0. The monoisotopic (exact) mass is 377 g/mol. The van der Waals surface area contributed by atoms with E-state index < -0.39 is 5.82 Å². The van der Waals surface area contributed by atoms with E-state index in [1.54, 1.807) is 10.7 Å². The van der Waals surface area contributed by atoms with Crippen LogP contribution in [0.25, 0.3) is 16.7 Å². The maximum Gasteiger partial charge on any atom is 0.264 e. The summed E-state index contributed by atoms with van der Waals surface area (Å²) in [6, 6.07) is 15.0. The second kappa shape index (κ2) is 7.43. The zero-order valence-electron chi connectivity index (χ0n) is 14.7. The fourth-order valence-corrected chi connectivity index (χ4v) is 2.88. The molecule has 0 aliphatic rings. The van der Waals surface area contributed by atoms with Crippen LogP contribution < -0.4 is 10.9 Å². The summed E-state index contributed by atoms with van der Waals surface area (Å²) in [4.78, 5) is 29.1. The summed E-state index contributed by atoms with van der Waals surface area (Å²) in [7, 11) is 0. The van der Waals surface area contributed by atoms with E-state index in [1.807, 2.05) is 30.3 Å². The van der Waals surface area contributed by atoms with Gasteiger partial charge >= 0.3 is 0 Å². The molecule has 8 heteroatoms. The number of anilines is 1. The number of carbonyl (C=O) groups excluding carboxylic acids is 1. The van der Waals surface area contributed by atoms with Gasteiger partial charge in [-0.25, -0.2) is 14.1 Å². The molecular formula is C20H16FN5O2. The van der Waals surface area contributed by atoms with Gasteiger partial charge in [-0.1, -0.05) is 24.3 Å². The number of amides is 1. The molecule has 0 saturated heterocycles. The van der Waals surface area contributed by atoms with Crippen LogP contribution in [0, 0.1) is 5.82 Å². The van der Waals surface area contributed by atoms with Crippen LogP contribution in [-0.2, 0) is 11.3 Å². The number of hydrogen-bond donors (Lipinski definition) is 1. The van der Waals surface area contributed by atoms with Crippen LogP contribution >= 0.6 is 0 Å². The van der Waals surface area contributed by atoms with E-state index in [0.717, 1.165) is 5.69 Å². The van der Waals surface area contributed by atoms with Crippen molar-refractivity contribution >= 4 is 22.6 Å². The van der Waals surface area contributed by atoms with Gasteiger partial charge in [-0.2, -0.15) is 5.10 Å². The first-order chi connectivity index (χ1) is 13.6. The molecule has 0 radical (unpaired) electrons. The smallest absolute Gasteiger partial charge is 0.264 e. The quantitative estimate of drug-likeness (QED) is 0.580. The maximum atomic E-state index is 13.2. The number of benzene rings is 2. The Labute approximate surface area is 159 Å². The van der Waals surface area contributed by atoms with Crippen molar-refractivity contribution in [2.45, 2.75) is 13.0 Å². The van der Waals surface area contributed by atoms with Crippen molar-refractivity contribution in [3.05, 3.63) is 83.3 Å². The Kier molecular flexibility index (Phi) is 4.67. The Morgan fingerprint density at radius 1 is 1.11 bits per heavy atom. The molecule has 4 aromatic rings. The molecule has 1 N–H and O–H groups in total. The number of aryl methyl sites for hydroxylation is 1. The standard InChI is InChI=1S/C20H16FN5O2/c21-14-5-4-6-15(11-14)24-18(27)9-10-25-13-22-19-17(20(25)28)12-23-26(19)16-7-2-1-3-8-16/h1-8,11-13H,9-10H2,(H,24,27). The van der Waals surface area contributed by atoms with Crippen LogP contribution in [-0.4, -0.2) is 25.2 Å². The van der Waals surface area contributed by atoms with Gasteiger partial charge in [-0.3, -0.25) is 14.2 Å². The minimum Gasteiger partial charge on any atom is -0.326 e. The molecule has 0 spiro atoms. The highest BCUT2D eigenvalue weighted by Gasteiger charge is 2.12. The van der Waals surface area contributed by atoms with Crippen molar-refractivity contribution in [1.82, 2.24) is 19.3 Å². The summed E-state index contributed by atoms with van der Waals surface area (Å²) in [5.41, 5.74) is 1.36. The molecule has 4 rings (SSSR count). The van der Waals surface area contributed by atoms with E-state index in [2.05, 4.69) is 15.4 Å². The first-order valence-electron chi connectivity index (χ1n) is 8.66. The Morgan fingerprint density at radius 3 is 2.71 bits per heavy atom. The summed E-state index contributed by atoms with van der Waals surface area (Å²) < 4.78 is 16.1. The number of hydrogen-bond acceptors (Lipinski definition) is 4. The van der Waals surface area contributed by atoms with Crippen LogP contribution in [0.2, 0.25) is 0 Å². The third-order valence-electron chi connectivity index (χ3n) is 4.24. The minimum absolute atomic E-state index is 0.0520. The lowest BCUT2D eigenvalue weighted by molar-refractivity contribution is -0.116. The molecule has 1 amide bonds. The Hall–Kier alpha value is -3.81. The summed E-state index contributed by atoms with van der Waals surface area (Å²) in [5, 5.41) is 7.23. The minimum atomic E-state index is -0.431. The van der Waals surface area contributed by atoms with Gasteiger partial charge in [-0.15, -0.1) is 0 Å². The molecule has 0 fully saturated rings. The van der Waals surface area contributed by atoms with Crippen molar-refractivity contribution in [3.63, 3.8) is 0 Å². The highest BCUT2D eigenvalue weighted by atomic mass is 19.1. The third-order valence-corrected chi connectivity index (χ3v) is 4.24. The fraction of sp³-hybridized carbons (Fsp3) is 0.100. The fourth-order valence-electron chi connectivity index (χ4n) is 2.88. The first-order valence-corrected chi connectivity index (χ1v) is 8.66. The molecule has 2 aromatic heterocycles. The van der Waals surface area contributed by atoms with Gasteiger partial charge in [0.05, 0.1) is 18.2 Å². The van der Waals surface area contributed by atoms with Gasteiger partial charge < -0.3 is 5.32 Å². The van der Waals surface area contributed by atoms with E-state index in [1.165, 1.54) is 35.3 Å². The van der Waals surface area contributed by atoms with Crippen molar-refractivity contribution in [2.24, 2.45) is 0 Å². The molecule has 2 heterocycles. The zero-order chi connectivity index (χ0) is 19.5. The van der Waals surface area contributed by atoms with E-state index in [9.17, 15) is 14.0 Å². The maximum absolute atomic E-state index is 13.2. The third kappa shape index (κ3) is 3.52. The summed E-state index contributed by atoms with van der Waals surface area (Å²) in [6.45, 7) is 0.152. The Morgan fingerprint density at radius 2 is 1.93 bits per heavy atom. The SMILES string of the molecule is O=C(CCn1cnc2c(cnn2-c2ccccc2)c1=O)Nc1cccc(F)c1. The zero-order valence-corrected chi connectivity index (χ0v) is 14.7. The van der Waals surface area contributed by atoms with Gasteiger partial charge in [0.25, 0.3) is 5.56 Å². The average molecular weight is 377 g/mol. The van der Waals surface area contributed by atoms with Crippen LogP contribution in [0.15, 0.2) is 71.9 Å². The average Bonchev–Trinajstić information content (AvgIpc) is 3.13. The van der Waals surface area contributed by atoms with E-state index in [-0.39, 0.29) is 24.4 Å². The molecule has 2 aromatic carbocycles. The molecule has 28 heavy (non-hydrogen) atoms. The summed E-state index contributed by atoms with van der Waals surface area (Å²) in [5.74, 6) is -0.753. The molecule has 0 bridgehead atoms. The normalized spacial score (nSPS) is 10.9. The first kappa shape index (κ1) is 17.6. The van der Waals surface area contributed by atoms with Gasteiger partial charge in [0.1, 0.15) is 11.2 Å². The highest BCUT2D eigenvalue weighted by molar-refractivity contribution is 5.90. The molecule has 0 saturated carbocycles. The Balaban J connectivity index is 1.51. The number of carbonyl (C=O) groups is 1. The van der Waals surface area contributed by atoms with Crippen LogP contribution in [0.1, 0.15) is 6.42 Å². The van der Waals surface area contributed by atoms with Gasteiger partial charge in [0, 0.05) is 18.7 Å². The van der Waals surface area contributed by atoms with Crippen LogP contribution in [0.4, 0.5) is 10.1 Å². The van der Waals surface area contributed by atoms with Crippen molar-refractivity contribution in [2.75, 3.05) is 5.32 Å². The highest BCUT2D eigenvalue weighted by Crippen LogP contribution is 2.13. The number of halogens is 1. The van der Waals surface area contributed by atoms with Crippen molar-refractivity contribution in [1.29, 1.82) is 0 Å². The second-order valence-electron chi connectivity index (χ2n) is 6.18. The number of fused-ring (bicyclic) bond motifs is 1. The molecular weight excluding hydrogens is 361 g/mol. The lowest BCUT2D eigenvalue weighted by Gasteiger charge is -2.07. The molecule has 7 nitrogen and oxygen atoms in total. The number of nitrogens with one attached hydrogen (secondary N) is 1. The molecule has 0 atom stereocenters. The van der Waals surface area contributed by atoms with Gasteiger partial charge in [0.15, 0.2) is 5.65 Å². The molecule has 0 unspecified atom stereocenters. The largest absolute Gasteiger partial charge is 0.326 e. The number of nitrogens with zero attached hydrogens (tertiary/aromatic N) is 4. The lowest BCUT2D eigenvalue weighted by atomic mass is 10.3. The predicted octanol–water partition coefficient (Wildman–Crippen LogP) is 2.75. The van der Waals surface area contributed by atoms with Crippen molar-refractivity contribution in [3.8, 4) is 5.69 Å². The number of rotatable bonds is 5. The predicted molar refractivity (Wildman–Crippen MR) is 103 cm³/mol. The second-order valence-corrected chi connectivity index (χ2v) is 6.18. The van der Waals surface area contributed by atoms with Gasteiger partial charge in [0.2, 0.25) is 5.91 Å². The number of aromatic nitrogens is 4. The Bertz CT molecular complexity index is 1200. The van der Waals surface area contributed by atoms with E-state index >= 15 is 0 Å². The number of para-hydroxylation sites is 1. The van der Waals surface area contributed by atoms with Crippen LogP contribution in [0.5, 0.6) is 0 Å². The van der Waals surface area contributed by atoms with Crippen LogP contribution in [0.3, 0.4) is 0 Å². The molecule has 0 aliphatic heterocycles. The molecule has 140 valence electrons.